The van der Waals surface area contributed by atoms with Crippen LogP contribution in [0.2, 0.25) is 0 Å². The fourth-order valence-electron chi connectivity index (χ4n) is 2.16. The number of amides is 2. The maximum absolute atomic E-state index is 11.5. The van der Waals surface area contributed by atoms with Crippen LogP contribution in [0, 0.1) is 5.92 Å². The highest BCUT2D eigenvalue weighted by atomic mass is 16.5. The van der Waals surface area contributed by atoms with Crippen LogP contribution in [0.1, 0.15) is 26.7 Å². The first kappa shape index (κ1) is 14.9. The minimum absolute atomic E-state index is 0.209. The van der Waals surface area contributed by atoms with Gasteiger partial charge in [0, 0.05) is 6.04 Å². The molecule has 1 saturated heterocycles. The lowest BCUT2D eigenvalue weighted by Gasteiger charge is -2.33. The van der Waals surface area contributed by atoms with Gasteiger partial charge in [0.05, 0.1) is 13.2 Å². The van der Waals surface area contributed by atoms with Crippen molar-refractivity contribution in [1.82, 2.24) is 10.2 Å². The SMILES string of the molecule is CCOC(=O)NC(=O)CN1CCC(C(C)N)CC1. The minimum atomic E-state index is -0.673. The molecule has 0 aromatic heterocycles. The summed E-state index contributed by atoms with van der Waals surface area (Å²) in [7, 11) is 0. The second-order valence-corrected chi connectivity index (χ2v) is 4.74. The number of rotatable bonds is 4. The molecule has 0 radical (unpaired) electrons. The number of likely N-dealkylation sites (tertiary alicyclic amines) is 1. The molecule has 1 rings (SSSR count). The second kappa shape index (κ2) is 7.33. The molecule has 0 bridgehead atoms. The van der Waals surface area contributed by atoms with Crippen LogP contribution < -0.4 is 11.1 Å². The minimum Gasteiger partial charge on any atom is -0.450 e. The number of ether oxygens (including phenoxy) is 1. The molecule has 1 fully saturated rings. The van der Waals surface area contributed by atoms with E-state index < -0.39 is 6.09 Å². The first-order valence-electron chi connectivity index (χ1n) is 6.47. The van der Waals surface area contributed by atoms with Gasteiger partial charge in [0.1, 0.15) is 0 Å². The van der Waals surface area contributed by atoms with E-state index >= 15 is 0 Å². The highest BCUT2D eigenvalue weighted by Gasteiger charge is 2.23. The van der Waals surface area contributed by atoms with Crippen molar-refractivity contribution in [3.63, 3.8) is 0 Å². The number of carbonyl (C=O) groups is 2. The Labute approximate surface area is 108 Å². The van der Waals surface area contributed by atoms with E-state index in [-0.39, 0.29) is 25.1 Å². The molecule has 3 N–H and O–H groups in total. The average molecular weight is 257 g/mol. The molecule has 1 heterocycles. The number of carbonyl (C=O) groups excluding carboxylic acids is 2. The fourth-order valence-corrected chi connectivity index (χ4v) is 2.16. The number of hydrogen-bond donors (Lipinski definition) is 2. The van der Waals surface area contributed by atoms with Gasteiger partial charge in [-0.3, -0.25) is 15.0 Å². The molecular formula is C12H23N3O3. The second-order valence-electron chi connectivity index (χ2n) is 4.74. The van der Waals surface area contributed by atoms with Crippen LogP contribution in [0.4, 0.5) is 4.79 Å². The highest BCUT2D eigenvalue weighted by molar-refractivity contribution is 5.92. The highest BCUT2D eigenvalue weighted by Crippen LogP contribution is 2.18. The first-order valence-corrected chi connectivity index (χ1v) is 6.47. The van der Waals surface area contributed by atoms with Crippen molar-refractivity contribution in [2.75, 3.05) is 26.2 Å². The molecule has 1 aliphatic rings. The molecule has 0 aliphatic carbocycles. The van der Waals surface area contributed by atoms with E-state index in [2.05, 4.69) is 10.1 Å². The third kappa shape index (κ3) is 5.01. The number of piperidine rings is 1. The normalized spacial score (nSPS) is 19.3. The van der Waals surface area contributed by atoms with Crippen molar-refractivity contribution in [2.24, 2.45) is 11.7 Å². The van der Waals surface area contributed by atoms with E-state index in [0.29, 0.717) is 5.92 Å². The van der Waals surface area contributed by atoms with Crippen LogP contribution in [0.15, 0.2) is 0 Å². The monoisotopic (exact) mass is 257 g/mol. The predicted molar refractivity (Wildman–Crippen MR) is 68.0 cm³/mol. The van der Waals surface area contributed by atoms with Gasteiger partial charge in [-0.05, 0) is 45.7 Å². The lowest BCUT2D eigenvalue weighted by Crippen LogP contribution is -2.45. The van der Waals surface area contributed by atoms with Gasteiger partial charge in [0.2, 0.25) is 5.91 Å². The van der Waals surface area contributed by atoms with Gasteiger partial charge in [-0.15, -0.1) is 0 Å². The van der Waals surface area contributed by atoms with Crippen LogP contribution in [0.3, 0.4) is 0 Å². The Bertz CT molecular complexity index is 286. The van der Waals surface area contributed by atoms with Crippen molar-refractivity contribution in [3.8, 4) is 0 Å². The summed E-state index contributed by atoms with van der Waals surface area (Å²) in [6.45, 7) is 5.92. The molecule has 0 spiro atoms. The summed E-state index contributed by atoms with van der Waals surface area (Å²) in [6.07, 6.45) is 1.34. The third-order valence-corrected chi connectivity index (χ3v) is 3.26. The van der Waals surface area contributed by atoms with Crippen LogP contribution in [0.5, 0.6) is 0 Å². The van der Waals surface area contributed by atoms with Gasteiger partial charge in [0.15, 0.2) is 0 Å². The molecule has 6 nitrogen and oxygen atoms in total. The van der Waals surface area contributed by atoms with Crippen molar-refractivity contribution in [2.45, 2.75) is 32.7 Å². The molecule has 18 heavy (non-hydrogen) atoms. The van der Waals surface area contributed by atoms with E-state index in [0.717, 1.165) is 25.9 Å². The number of nitrogens with two attached hydrogens (primary N) is 1. The van der Waals surface area contributed by atoms with Crippen molar-refractivity contribution in [1.29, 1.82) is 0 Å². The van der Waals surface area contributed by atoms with E-state index in [1.807, 2.05) is 11.8 Å². The van der Waals surface area contributed by atoms with Crippen LogP contribution >= 0.6 is 0 Å². The van der Waals surface area contributed by atoms with Crippen molar-refractivity contribution < 1.29 is 14.3 Å². The van der Waals surface area contributed by atoms with Gasteiger partial charge in [-0.25, -0.2) is 4.79 Å². The quantitative estimate of drug-likeness (QED) is 0.757. The summed E-state index contributed by atoms with van der Waals surface area (Å²) in [6, 6.07) is 0.209. The Morgan fingerprint density at radius 1 is 1.44 bits per heavy atom. The Morgan fingerprint density at radius 2 is 2.06 bits per heavy atom. The Morgan fingerprint density at radius 3 is 2.56 bits per heavy atom. The molecule has 0 aromatic carbocycles. The Hall–Kier alpha value is -1.14. The summed E-state index contributed by atoms with van der Waals surface area (Å²) >= 11 is 0. The Kier molecular flexibility index (Phi) is 6.07. The van der Waals surface area contributed by atoms with E-state index in [1.165, 1.54) is 0 Å². The maximum atomic E-state index is 11.5. The topological polar surface area (TPSA) is 84.7 Å². The van der Waals surface area contributed by atoms with Crippen molar-refractivity contribution >= 4 is 12.0 Å². The first-order chi connectivity index (χ1) is 8.52. The van der Waals surface area contributed by atoms with Crippen LogP contribution in [-0.2, 0) is 9.53 Å². The lowest BCUT2D eigenvalue weighted by molar-refractivity contribution is -0.121. The lowest BCUT2D eigenvalue weighted by atomic mass is 9.91. The smallest absolute Gasteiger partial charge is 0.413 e. The van der Waals surface area contributed by atoms with E-state index in [9.17, 15) is 9.59 Å². The zero-order valence-corrected chi connectivity index (χ0v) is 11.1. The molecule has 1 aliphatic heterocycles. The zero-order chi connectivity index (χ0) is 13.5. The summed E-state index contributed by atoms with van der Waals surface area (Å²) in [4.78, 5) is 24.6. The summed E-state index contributed by atoms with van der Waals surface area (Å²) in [5, 5.41) is 2.20. The molecule has 0 aromatic rings. The van der Waals surface area contributed by atoms with Gasteiger partial charge in [-0.2, -0.15) is 0 Å². The van der Waals surface area contributed by atoms with E-state index in [1.54, 1.807) is 6.92 Å². The van der Waals surface area contributed by atoms with Gasteiger partial charge < -0.3 is 10.5 Å². The largest absolute Gasteiger partial charge is 0.450 e. The Balaban J connectivity index is 2.24. The number of nitrogens with one attached hydrogen (secondary N) is 1. The third-order valence-electron chi connectivity index (χ3n) is 3.26. The standard InChI is InChI=1S/C12H23N3O3/c1-3-18-12(17)14-11(16)8-15-6-4-10(5-7-15)9(2)13/h9-10H,3-8,13H2,1-2H3,(H,14,16,17). The van der Waals surface area contributed by atoms with Gasteiger partial charge in [-0.1, -0.05) is 0 Å². The summed E-state index contributed by atoms with van der Waals surface area (Å²) in [5.74, 6) is 0.224. The molecule has 6 heteroatoms. The summed E-state index contributed by atoms with van der Waals surface area (Å²) in [5.41, 5.74) is 5.85. The number of imide groups is 1. The number of alkyl carbamates (subject to hydrolysis) is 1. The average Bonchev–Trinajstić information content (AvgIpc) is 2.29. The number of nitrogens with zero attached hydrogens (tertiary/aromatic N) is 1. The van der Waals surface area contributed by atoms with E-state index in [4.69, 9.17) is 5.73 Å². The fraction of sp³-hybridized carbons (Fsp3) is 0.833. The van der Waals surface area contributed by atoms with Gasteiger partial charge in [0.25, 0.3) is 0 Å². The molecular weight excluding hydrogens is 234 g/mol. The zero-order valence-electron chi connectivity index (χ0n) is 11.1. The molecule has 0 saturated carbocycles. The predicted octanol–water partition coefficient (Wildman–Crippen LogP) is 0.318. The number of hydrogen-bond acceptors (Lipinski definition) is 5. The van der Waals surface area contributed by atoms with Crippen LogP contribution in [-0.4, -0.2) is 49.2 Å². The molecule has 1 atom stereocenters. The molecule has 104 valence electrons. The van der Waals surface area contributed by atoms with Gasteiger partial charge >= 0.3 is 6.09 Å². The van der Waals surface area contributed by atoms with Crippen molar-refractivity contribution in [3.05, 3.63) is 0 Å². The van der Waals surface area contributed by atoms with Crippen LogP contribution in [0.25, 0.3) is 0 Å². The molecule has 2 amide bonds. The molecule has 1 unspecified atom stereocenters. The maximum Gasteiger partial charge on any atom is 0.413 e. The summed E-state index contributed by atoms with van der Waals surface area (Å²) < 4.78 is 4.64.